The number of halogens is 1. The van der Waals surface area contributed by atoms with Crippen LogP contribution in [-0.2, 0) is 4.74 Å². The van der Waals surface area contributed by atoms with Gasteiger partial charge in [-0.1, -0.05) is 60.8 Å². The highest BCUT2D eigenvalue weighted by atomic mass is 35.5. The fourth-order valence-corrected chi connectivity index (χ4v) is 4.39. The molecule has 0 aliphatic heterocycles. The zero-order valence-corrected chi connectivity index (χ0v) is 18.5. The first-order valence-electron chi connectivity index (χ1n) is 10.9. The molecule has 3 nitrogen and oxygen atoms in total. The monoisotopic (exact) mass is 434 g/mol. The second-order valence-corrected chi connectivity index (χ2v) is 8.39. The number of rotatable bonds is 7. The average Bonchev–Trinajstić information content (AvgIpc) is 3.32. The van der Waals surface area contributed by atoms with Gasteiger partial charge in [0.1, 0.15) is 5.75 Å². The molecule has 0 unspecified atom stereocenters. The van der Waals surface area contributed by atoms with Crippen LogP contribution in [0.15, 0.2) is 66.7 Å². The van der Waals surface area contributed by atoms with Gasteiger partial charge in [0.15, 0.2) is 0 Å². The van der Waals surface area contributed by atoms with Gasteiger partial charge in [-0.05, 0) is 72.7 Å². The third-order valence-electron chi connectivity index (χ3n) is 5.79. The smallest absolute Gasteiger partial charge is 0.338 e. The van der Waals surface area contributed by atoms with Crippen molar-refractivity contribution in [2.75, 3.05) is 13.2 Å². The standard InChI is InChI=1S/C27H27ClO3/c1-2-30-27(29)21-11-7-10-20(16-21)23-12-5-6-13-24(23)25-17-22(28)14-15-26(25)31-18-19-8-3-4-9-19/h5-7,10-17,19H,2-4,8-9,18H2,1H3. The van der Waals surface area contributed by atoms with E-state index in [9.17, 15) is 4.79 Å². The summed E-state index contributed by atoms with van der Waals surface area (Å²) >= 11 is 6.38. The van der Waals surface area contributed by atoms with Crippen LogP contribution in [-0.4, -0.2) is 19.2 Å². The maximum absolute atomic E-state index is 12.2. The molecule has 0 bridgehead atoms. The van der Waals surface area contributed by atoms with Crippen molar-refractivity contribution < 1.29 is 14.3 Å². The summed E-state index contributed by atoms with van der Waals surface area (Å²) in [6.07, 6.45) is 5.06. The number of carbonyl (C=O) groups excluding carboxylic acids is 1. The number of hydrogen-bond donors (Lipinski definition) is 0. The van der Waals surface area contributed by atoms with E-state index < -0.39 is 0 Å². The van der Waals surface area contributed by atoms with E-state index in [1.807, 2.05) is 55.5 Å². The van der Waals surface area contributed by atoms with Gasteiger partial charge in [0.2, 0.25) is 0 Å². The zero-order valence-electron chi connectivity index (χ0n) is 17.8. The van der Waals surface area contributed by atoms with Crippen LogP contribution in [0.4, 0.5) is 0 Å². The first kappa shape index (κ1) is 21.5. The molecule has 0 N–H and O–H groups in total. The molecule has 3 aromatic rings. The molecule has 1 aliphatic rings. The molecule has 0 aromatic heterocycles. The second kappa shape index (κ2) is 10.0. The Hall–Kier alpha value is -2.78. The van der Waals surface area contributed by atoms with Gasteiger partial charge in [-0.3, -0.25) is 0 Å². The van der Waals surface area contributed by atoms with E-state index in [2.05, 4.69) is 12.1 Å². The van der Waals surface area contributed by atoms with E-state index in [1.54, 1.807) is 6.07 Å². The summed E-state index contributed by atoms with van der Waals surface area (Å²) in [5.74, 6) is 1.15. The lowest BCUT2D eigenvalue weighted by atomic mass is 9.93. The predicted octanol–water partition coefficient (Wildman–Crippen LogP) is 7.42. The van der Waals surface area contributed by atoms with Gasteiger partial charge in [0.05, 0.1) is 18.8 Å². The van der Waals surface area contributed by atoms with Crippen LogP contribution in [0, 0.1) is 5.92 Å². The number of carbonyl (C=O) groups is 1. The normalized spacial score (nSPS) is 13.9. The van der Waals surface area contributed by atoms with E-state index in [1.165, 1.54) is 25.7 Å². The summed E-state index contributed by atoms with van der Waals surface area (Å²) in [5.41, 5.74) is 4.48. The van der Waals surface area contributed by atoms with E-state index in [0.717, 1.165) is 34.6 Å². The highest BCUT2D eigenvalue weighted by Crippen LogP contribution is 2.39. The van der Waals surface area contributed by atoms with Crippen LogP contribution < -0.4 is 4.74 Å². The molecule has 0 spiro atoms. The van der Waals surface area contributed by atoms with E-state index >= 15 is 0 Å². The molecular formula is C27H27ClO3. The van der Waals surface area contributed by atoms with Gasteiger partial charge in [0, 0.05) is 10.6 Å². The summed E-state index contributed by atoms with van der Waals surface area (Å²) in [5, 5.41) is 0.665. The Kier molecular flexibility index (Phi) is 6.93. The molecule has 31 heavy (non-hydrogen) atoms. The molecule has 160 valence electrons. The minimum atomic E-state index is -0.315. The molecule has 0 radical (unpaired) electrons. The third-order valence-corrected chi connectivity index (χ3v) is 6.03. The highest BCUT2D eigenvalue weighted by molar-refractivity contribution is 6.31. The predicted molar refractivity (Wildman–Crippen MR) is 126 cm³/mol. The summed E-state index contributed by atoms with van der Waals surface area (Å²) in [4.78, 5) is 12.2. The maximum Gasteiger partial charge on any atom is 0.338 e. The Bertz CT molecular complexity index is 1050. The van der Waals surface area contributed by atoms with Crippen molar-refractivity contribution in [2.24, 2.45) is 5.92 Å². The third kappa shape index (κ3) is 5.11. The zero-order chi connectivity index (χ0) is 21.6. The molecule has 4 rings (SSSR count). The van der Waals surface area contributed by atoms with Crippen LogP contribution >= 0.6 is 11.6 Å². The van der Waals surface area contributed by atoms with Crippen molar-refractivity contribution in [3.63, 3.8) is 0 Å². The average molecular weight is 435 g/mol. The fourth-order valence-electron chi connectivity index (χ4n) is 4.22. The van der Waals surface area contributed by atoms with Crippen molar-refractivity contribution >= 4 is 17.6 Å². The first-order valence-corrected chi connectivity index (χ1v) is 11.3. The Balaban J connectivity index is 1.71. The molecule has 1 aliphatic carbocycles. The second-order valence-electron chi connectivity index (χ2n) is 7.95. The Labute approximate surface area is 189 Å². The van der Waals surface area contributed by atoms with Crippen molar-refractivity contribution in [2.45, 2.75) is 32.6 Å². The Morgan fingerprint density at radius 2 is 1.71 bits per heavy atom. The Morgan fingerprint density at radius 1 is 0.935 bits per heavy atom. The molecule has 1 fully saturated rings. The SMILES string of the molecule is CCOC(=O)c1cccc(-c2ccccc2-c2cc(Cl)ccc2OCC2CCCC2)c1. The van der Waals surface area contributed by atoms with Crippen LogP contribution in [0.1, 0.15) is 43.0 Å². The minimum absolute atomic E-state index is 0.315. The molecule has 3 aromatic carbocycles. The first-order chi connectivity index (χ1) is 15.2. The number of ether oxygens (including phenoxy) is 2. The summed E-state index contributed by atoms with van der Waals surface area (Å²) in [6, 6.07) is 21.5. The van der Waals surface area contributed by atoms with Gasteiger partial charge in [-0.15, -0.1) is 0 Å². The summed E-state index contributed by atoms with van der Waals surface area (Å²) < 4.78 is 11.5. The van der Waals surface area contributed by atoms with Crippen molar-refractivity contribution in [3.8, 4) is 28.0 Å². The lowest BCUT2D eigenvalue weighted by molar-refractivity contribution is 0.0526. The van der Waals surface area contributed by atoms with Gasteiger partial charge in [-0.2, -0.15) is 0 Å². The molecule has 0 heterocycles. The van der Waals surface area contributed by atoms with Crippen LogP contribution in [0.25, 0.3) is 22.3 Å². The topological polar surface area (TPSA) is 35.5 Å². The lowest BCUT2D eigenvalue weighted by Crippen LogP contribution is -2.08. The minimum Gasteiger partial charge on any atom is -0.493 e. The van der Waals surface area contributed by atoms with E-state index in [4.69, 9.17) is 21.1 Å². The molecule has 0 saturated heterocycles. The summed E-state index contributed by atoms with van der Waals surface area (Å²) in [7, 11) is 0. The molecular weight excluding hydrogens is 408 g/mol. The van der Waals surface area contributed by atoms with E-state index in [-0.39, 0.29) is 5.97 Å². The van der Waals surface area contributed by atoms with Crippen molar-refractivity contribution in [1.29, 1.82) is 0 Å². The van der Waals surface area contributed by atoms with Crippen LogP contribution in [0.2, 0.25) is 5.02 Å². The highest BCUT2D eigenvalue weighted by Gasteiger charge is 2.18. The molecule has 0 atom stereocenters. The molecule has 1 saturated carbocycles. The van der Waals surface area contributed by atoms with Gasteiger partial charge in [0.25, 0.3) is 0 Å². The number of esters is 1. The maximum atomic E-state index is 12.2. The molecule has 0 amide bonds. The van der Waals surface area contributed by atoms with Gasteiger partial charge in [-0.25, -0.2) is 4.79 Å². The Morgan fingerprint density at radius 3 is 2.48 bits per heavy atom. The fraction of sp³-hybridized carbons (Fsp3) is 0.296. The number of benzene rings is 3. The molecule has 4 heteroatoms. The summed E-state index contributed by atoms with van der Waals surface area (Å²) in [6.45, 7) is 2.89. The van der Waals surface area contributed by atoms with E-state index in [0.29, 0.717) is 23.1 Å². The number of hydrogen-bond acceptors (Lipinski definition) is 3. The van der Waals surface area contributed by atoms with Crippen LogP contribution in [0.3, 0.4) is 0 Å². The quantitative estimate of drug-likeness (QED) is 0.363. The lowest BCUT2D eigenvalue weighted by Gasteiger charge is -2.17. The van der Waals surface area contributed by atoms with Gasteiger partial charge < -0.3 is 9.47 Å². The van der Waals surface area contributed by atoms with Gasteiger partial charge >= 0.3 is 5.97 Å². The van der Waals surface area contributed by atoms with Crippen molar-refractivity contribution in [3.05, 3.63) is 77.3 Å². The van der Waals surface area contributed by atoms with Crippen molar-refractivity contribution in [1.82, 2.24) is 0 Å². The largest absolute Gasteiger partial charge is 0.493 e. The van der Waals surface area contributed by atoms with Crippen LogP contribution in [0.5, 0.6) is 5.75 Å².